The Morgan fingerprint density at radius 3 is 2.63 bits per heavy atom. The highest BCUT2D eigenvalue weighted by Gasteiger charge is 2.55. The van der Waals surface area contributed by atoms with E-state index in [1.54, 1.807) is 0 Å². The molecule has 1 saturated heterocycles. The molecule has 2 fully saturated rings. The smallest absolute Gasteiger partial charge is 0.321 e. The second-order valence-electron chi connectivity index (χ2n) is 5.67. The Labute approximate surface area is 112 Å². The van der Waals surface area contributed by atoms with Crippen LogP contribution >= 0.6 is 0 Å². The molecule has 5 atom stereocenters. The number of likely N-dealkylation sites (tertiary alicyclic amines) is 1. The van der Waals surface area contributed by atoms with Crippen molar-refractivity contribution < 1.29 is 15.0 Å². The lowest BCUT2D eigenvalue weighted by Crippen LogP contribution is -2.50. The number of piperidine rings is 1. The molecule has 1 aliphatic carbocycles. The Kier molecular flexibility index (Phi) is 3.07. The first-order chi connectivity index (χ1) is 9.09. The van der Waals surface area contributed by atoms with Gasteiger partial charge in [0, 0.05) is 18.0 Å². The third-order valence-corrected chi connectivity index (χ3v) is 4.68. The third-order valence-electron chi connectivity index (χ3n) is 4.68. The van der Waals surface area contributed by atoms with Crippen LogP contribution in [0.2, 0.25) is 0 Å². The van der Waals surface area contributed by atoms with E-state index in [4.69, 9.17) is 0 Å². The molecule has 0 amide bonds. The van der Waals surface area contributed by atoms with E-state index in [0.29, 0.717) is 6.42 Å². The monoisotopic (exact) mass is 261 g/mol. The molecule has 1 unspecified atom stereocenters. The summed E-state index contributed by atoms with van der Waals surface area (Å²) >= 11 is 0. The minimum absolute atomic E-state index is 0.0739. The predicted octanol–water partition coefficient (Wildman–Crippen LogP) is 1.66. The topological polar surface area (TPSA) is 60.8 Å². The number of aliphatic hydroxyl groups excluding tert-OH is 1. The van der Waals surface area contributed by atoms with Crippen LogP contribution in [0.1, 0.15) is 31.4 Å². The minimum atomic E-state index is -0.811. The average molecular weight is 261 g/mol. The Morgan fingerprint density at radius 1 is 1.32 bits per heavy atom. The van der Waals surface area contributed by atoms with Gasteiger partial charge in [0.2, 0.25) is 0 Å². The van der Waals surface area contributed by atoms with Gasteiger partial charge in [-0.3, -0.25) is 9.69 Å². The first kappa shape index (κ1) is 12.6. The standard InChI is InChI=1S/C15H19NO3/c1-9(10-5-3-2-4-6-10)16-11-7-12(13(17)8-11)14(16)15(18)19/h2-6,9,11-14,17H,7-8H2,1H3,(H,18,19)/t9?,11-,12+,13+,14-/m0/s1. The number of hydrogen-bond donors (Lipinski definition) is 2. The predicted molar refractivity (Wildman–Crippen MR) is 70.6 cm³/mol. The molecular formula is C15H19NO3. The van der Waals surface area contributed by atoms with Crippen LogP contribution in [0.5, 0.6) is 0 Å². The van der Waals surface area contributed by atoms with Crippen LogP contribution in [-0.2, 0) is 4.79 Å². The molecule has 0 radical (unpaired) electrons. The highest BCUT2D eigenvalue weighted by molar-refractivity contribution is 5.75. The van der Waals surface area contributed by atoms with Crippen molar-refractivity contribution in [2.24, 2.45) is 5.92 Å². The summed E-state index contributed by atoms with van der Waals surface area (Å²) in [4.78, 5) is 13.6. The molecule has 2 N–H and O–H groups in total. The Morgan fingerprint density at radius 2 is 2.00 bits per heavy atom. The number of hydrogen-bond acceptors (Lipinski definition) is 3. The van der Waals surface area contributed by atoms with Gasteiger partial charge in [0.1, 0.15) is 6.04 Å². The second-order valence-corrected chi connectivity index (χ2v) is 5.67. The Balaban J connectivity index is 1.90. The molecule has 0 spiro atoms. The van der Waals surface area contributed by atoms with Crippen molar-refractivity contribution >= 4 is 5.97 Å². The summed E-state index contributed by atoms with van der Waals surface area (Å²) in [6, 6.07) is 9.70. The summed E-state index contributed by atoms with van der Waals surface area (Å²) in [7, 11) is 0. The molecule has 1 saturated carbocycles. The van der Waals surface area contributed by atoms with E-state index in [-0.39, 0.29) is 18.0 Å². The van der Waals surface area contributed by atoms with E-state index in [0.717, 1.165) is 12.0 Å². The van der Waals surface area contributed by atoms with Crippen LogP contribution in [0.3, 0.4) is 0 Å². The van der Waals surface area contributed by atoms with Gasteiger partial charge >= 0.3 is 5.97 Å². The number of benzene rings is 1. The maximum atomic E-state index is 11.5. The maximum absolute atomic E-state index is 11.5. The molecule has 1 aliphatic heterocycles. The van der Waals surface area contributed by atoms with E-state index < -0.39 is 18.1 Å². The first-order valence-corrected chi connectivity index (χ1v) is 6.83. The number of nitrogens with zero attached hydrogens (tertiary/aromatic N) is 1. The van der Waals surface area contributed by atoms with Crippen LogP contribution in [0.4, 0.5) is 0 Å². The number of fused-ring (bicyclic) bond motifs is 2. The zero-order valence-corrected chi connectivity index (χ0v) is 10.9. The Hall–Kier alpha value is -1.39. The zero-order valence-electron chi connectivity index (χ0n) is 10.9. The van der Waals surface area contributed by atoms with Crippen molar-refractivity contribution in [1.29, 1.82) is 0 Å². The first-order valence-electron chi connectivity index (χ1n) is 6.83. The van der Waals surface area contributed by atoms with Crippen molar-refractivity contribution in [1.82, 2.24) is 4.90 Å². The van der Waals surface area contributed by atoms with Crippen LogP contribution < -0.4 is 0 Å². The van der Waals surface area contributed by atoms with E-state index in [1.807, 2.05) is 30.3 Å². The van der Waals surface area contributed by atoms with Crippen molar-refractivity contribution in [3.63, 3.8) is 0 Å². The lowest BCUT2D eigenvalue weighted by molar-refractivity contribution is -0.148. The van der Waals surface area contributed by atoms with Gasteiger partial charge in [-0.2, -0.15) is 0 Å². The van der Waals surface area contributed by atoms with Crippen molar-refractivity contribution in [3.8, 4) is 0 Å². The average Bonchev–Trinajstić information content (AvgIpc) is 2.95. The molecule has 4 nitrogen and oxygen atoms in total. The van der Waals surface area contributed by atoms with Gasteiger partial charge in [0.25, 0.3) is 0 Å². The van der Waals surface area contributed by atoms with E-state index >= 15 is 0 Å². The molecule has 2 bridgehead atoms. The van der Waals surface area contributed by atoms with Crippen LogP contribution in [-0.4, -0.2) is 39.3 Å². The number of carbonyl (C=O) groups is 1. The third kappa shape index (κ3) is 1.95. The van der Waals surface area contributed by atoms with Gasteiger partial charge in [-0.05, 0) is 25.3 Å². The number of aliphatic hydroxyl groups is 1. The van der Waals surface area contributed by atoms with Crippen LogP contribution in [0.25, 0.3) is 0 Å². The van der Waals surface area contributed by atoms with Crippen molar-refractivity contribution in [2.45, 2.75) is 44.0 Å². The normalized spacial score (nSPS) is 35.5. The number of carboxylic acids is 1. The van der Waals surface area contributed by atoms with E-state index in [2.05, 4.69) is 11.8 Å². The van der Waals surface area contributed by atoms with Crippen molar-refractivity contribution in [3.05, 3.63) is 35.9 Å². The molecule has 3 rings (SSSR count). The largest absolute Gasteiger partial charge is 0.480 e. The molecule has 4 heteroatoms. The summed E-state index contributed by atoms with van der Waals surface area (Å²) in [5.41, 5.74) is 1.13. The summed E-state index contributed by atoms with van der Waals surface area (Å²) in [6.07, 6.45) is 1.05. The quantitative estimate of drug-likeness (QED) is 0.868. The highest BCUT2D eigenvalue weighted by atomic mass is 16.4. The molecule has 2 aliphatic rings. The lowest BCUT2D eigenvalue weighted by atomic mass is 9.93. The van der Waals surface area contributed by atoms with Gasteiger partial charge < -0.3 is 10.2 Å². The zero-order chi connectivity index (χ0) is 13.6. The maximum Gasteiger partial charge on any atom is 0.321 e. The number of carboxylic acid groups (broad SMARTS) is 1. The Bertz CT molecular complexity index is 476. The molecular weight excluding hydrogens is 242 g/mol. The van der Waals surface area contributed by atoms with Gasteiger partial charge in [-0.25, -0.2) is 0 Å². The van der Waals surface area contributed by atoms with Gasteiger partial charge in [0.15, 0.2) is 0 Å². The highest BCUT2D eigenvalue weighted by Crippen LogP contribution is 2.46. The molecule has 1 aromatic rings. The minimum Gasteiger partial charge on any atom is -0.480 e. The molecule has 19 heavy (non-hydrogen) atoms. The fourth-order valence-electron chi connectivity index (χ4n) is 3.82. The SMILES string of the molecule is CC(c1ccccc1)N1[C@H]2C[C@H]([C@H](O)C2)[C@H]1C(=O)O. The van der Waals surface area contributed by atoms with E-state index in [9.17, 15) is 15.0 Å². The molecule has 1 heterocycles. The lowest BCUT2D eigenvalue weighted by Gasteiger charge is -2.39. The van der Waals surface area contributed by atoms with Crippen LogP contribution in [0, 0.1) is 5.92 Å². The summed E-state index contributed by atoms with van der Waals surface area (Å²) in [5.74, 6) is -0.928. The fourth-order valence-corrected chi connectivity index (χ4v) is 3.82. The molecule has 0 aromatic heterocycles. The summed E-state index contributed by atoms with van der Waals surface area (Å²) < 4.78 is 0. The number of aliphatic carboxylic acids is 1. The summed E-state index contributed by atoms with van der Waals surface area (Å²) in [6.45, 7) is 2.05. The number of rotatable bonds is 3. The van der Waals surface area contributed by atoms with Gasteiger partial charge in [-0.1, -0.05) is 30.3 Å². The van der Waals surface area contributed by atoms with Crippen molar-refractivity contribution in [2.75, 3.05) is 0 Å². The summed E-state index contributed by atoms with van der Waals surface area (Å²) in [5, 5.41) is 19.4. The second kappa shape index (κ2) is 4.62. The van der Waals surface area contributed by atoms with Gasteiger partial charge in [-0.15, -0.1) is 0 Å². The van der Waals surface area contributed by atoms with Gasteiger partial charge in [0.05, 0.1) is 6.10 Å². The van der Waals surface area contributed by atoms with E-state index in [1.165, 1.54) is 0 Å². The molecule has 102 valence electrons. The van der Waals surface area contributed by atoms with Crippen LogP contribution in [0.15, 0.2) is 30.3 Å². The molecule has 1 aromatic carbocycles. The fraction of sp³-hybridized carbons (Fsp3) is 0.533.